The molecule has 124 valence electrons. The summed E-state index contributed by atoms with van der Waals surface area (Å²) in [6.07, 6.45) is 4.45. The number of benzene rings is 1. The second-order valence-electron chi connectivity index (χ2n) is 6.17. The van der Waals surface area contributed by atoms with Crippen LogP contribution in [0.4, 0.5) is 0 Å². The van der Waals surface area contributed by atoms with E-state index in [0.717, 1.165) is 49.6 Å². The molecule has 2 heterocycles. The van der Waals surface area contributed by atoms with Crippen molar-refractivity contribution in [2.24, 2.45) is 0 Å². The normalized spacial score (nSPS) is 18.4. The Morgan fingerprint density at radius 3 is 2.83 bits per heavy atom. The summed E-state index contributed by atoms with van der Waals surface area (Å²) in [5, 5.41) is 4.31. The first-order chi connectivity index (χ1) is 11.3. The maximum Gasteiger partial charge on any atom is 0.137 e. The molecule has 1 aromatic carbocycles. The first-order valence-corrected chi connectivity index (χ1v) is 8.71. The highest BCUT2D eigenvalue weighted by molar-refractivity contribution is 5.27. The first kappa shape index (κ1) is 16.1. The number of ether oxygens (including phenoxy) is 1. The maximum absolute atomic E-state index is 5.51. The Labute approximate surface area is 138 Å². The second kappa shape index (κ2) is 7.64. The minimum atomic E-state index is 0.385. The maximum atomic E-state index is 5.51. The van der Waals surface area contributed by atoms with Crippen molar-refractivity contribution in [3.05, 3.63) is 47.3 Å². The van der Waals surface area contributed by atoms with Crippen molar-refractivity contribution in [3.8, 4) is 5.75 Å². The molecule has 4 heteroatoms. The molecule has 1 fully saturated rings. The van der Waals surface area contributed by atoms with Gasteiger partial charge >= 0.3 is 0 Å². The van der Waals surface area contributed by atoms with E-state index in [9.17, 15) is 0 Å². The van der Waals surface area contributed by atoms with E-state index < -0.39 is 0 Å². The molecule has 0 radical (unpaired) electrons. The van der Waals surface area contributed by atoms with Crippen LogP contribution < -0.4 is 4.74 Å². The first-order valence-electron chi connectivity index (χ1n) is 8.71. The van der Waals surface area contributed by atoms with Gasteiger partial charge in [0.15, 0.2) is 0 Å². The highest BCUT2D eigenvalue weighted by Gasteiger charge is 2.28. The van der Waals surface area contributed by atoms with Crippen molar-refractivity contribution in [1.29, 1.82) is 0 Å². The van der Waals surface area contributed by atoms with Crippen molar-refractivity contribution in [2.75, 3.05) is 13.2 Å². The van der Waals surface area contributed by atoms with Gasteiger partial charge in [0, 0.05) is 19.0 Å². The standard InChI is InChI=1S/C19H26N2O2/c1-3-6-17-13-18(20-23-17)19-7-5-12-21(19)14-15-8-10-16(11-9-15)22-4-2/h8-11,13,19H,3-7,12,14H2,1-2H3. The number of likely N-dealkylation sites (tertiary alicyclic amines) is 1. The SMILES string of the molecule is CCCc1cc(C2CCCN2Cc2ccc(OCC)cc2)no1. The molecule has 0 saturated carbocycles. The van der Waals surface area contributed by atoms with Crippen LogP contribution >= 0.6 is 0 Å². The topological polar surface area (TPSA) is 38.5 Å². The second-order valence-corrected chi connectivity index (χ2v) is 6.17. The molecule has 3 rings (SSSR count). The van der Waals surface area contributed by atoms with E-state index in [-0.39, 0.29) is 0 Å². The lowest BCUT2D eigenvalue weighted by atomic mass is 10.1. The highest BCUT2D eigenvalue weighted by Crippen LogP contribution is 2.33. The van der Waals surface area contributed by atoms with Gasteiger partial charge in [0.2, 0.25) is 0 Å². The zero-order chi connectivity index (χ0) is 16.1. The van der Waals surface area contributed by atoms with Crippen LogP contribution in [0.25, 0.3) is 0 Å². The van der Waals surface area contributed by atoms with Crippen LogP contribution in [-0.2, 0) is 13.0 Å². The summed E-state index contributed by atoms with van der Waals surface area (Å²) < 4.78 is 11.0. The fourth-order valence-corrected chi connectivity index (χ4v) is 3.29. The van der Waals surface area contributed by atoms with E-state index in [0.29, 0.717) is 12.6 Å². The quantitative estimate of drug-likeness (QED) is 0.761. The van der Waals surface area contributed by atoms with Crippen LogP contribution in [-0.4, -0.2) is 23.2 Å². The van der Waals surface area contributed by atoms with E-state index in [1.165, 1.54) is 12.0 Å². The molecule has 0 aliphatic carbocycles. The minimum Gasteiger partial charge on any atom is -0.494 e. The van der Waals surface area contributed by atoms with Crippen LogP contribution in [0.15, 0.2) is 34.9 Å². The van der Waals surface area contributed by atoms with Gasteiger partial charge < -0.3 is 9.26 Å². The van der Waals surface area contributed by atoms with Crippen molar-refractivity contribution < 1.29 is 9.26 Å². The van der Waals surface area contributed by atoms with Gasteiger partial charge in [-0.25, -0.2) is 0 Å². The Hall–Kier alpha value is -1.81. The molecule has 1 unspecified atom stereocenters. The monoisotopic (exact) mass is 314 g/mol. The van der Waals surface area contributed by atoms with Crippen LogP contribution in [0.3, 0.4) is 0 Å². The lowest BCUT2D eigenvalue weighted by Gasteiger charge is -2.22. The van der Waals surface area contributed by atoms with E-state index >= 15 is 0 Å². The molecular weight excluding hydrogens is 288 g/mol. The van der Waals surface area contributed by atoms with Gasteiger partial charge in [-0.05, 0) is 50.4 Å². The smallest absolute Gasteiger partial charge is 0.137 e. The highest BCUT2D eigenvalue weighted by atomic mass is 16.5. The Kier molecular flexibility index (Phi) is 5.34. The number of nitrogens with zero attached hydrogens (tertiary/aromatic N) is 2. The van der Waals surface area contributed by atoms with E-state index in [1.54, 1.807) is 0 Å². The molecule has 0 bridgehead atoms. The average molecular weight is 314 g/mol. The summed E-state index contributed by atoms with van der Waals surface area (Å²) in [4.78, 5) is 2.50. The Bertz CT molecular complexity index is 606. The van der Waals surface area contributed by atoms with Gasteiger partial charge in [0.05, 0.1) is 12.6 Å². The molecular formula is C19H26N2O2. The third kappa shape index (κ3) is 3.94. The summed E-state index contributed by atoms with van der Waals surface area (Å²) >= 11 is 0. The summed E-state index contributed by atoms with van der Waals surface area (Å²) in [5.74, 6) is 1.95. The number of hydrogen-bond acceptors (Lipinski definition) is 4. The Morgan fingerprint density at radius 1 is 1.26 bits per heavy atom. The summed E-state index contributed by atoms with van der Waals surface area (Å²) in [5.41, 5.74) is 2.41. The third-order valence-electron chi connectivity index (χ3n) is 4.40. The van der Waals surface area contributed by atoms with Gasteiger partial charge in [0.25, 0.3) is 0 Å². The van der Waals surface area contributed by atoms with Crippen molar-refractivity contribution in [1.82, 2.24) is 10.1 Å². The lowest BCUT2D eigenvalue weighted by Crippen LogP contribution is -2.22. The molecule has 1 saturated heterocycles. The predicted octanol–water partition coefficient (Wildman–Crippen LogP) is 4.36. The van der Waals surface area contributed by atoms with Crippen LogP contribution in [0.5, 0.6) is 5.75 Å². The van der Waals surface area contributed by atoms with Crippen LogP contribution in [0.2, 0.25) is 0 Å². The van der Waals surface area contributed by atoms with Crippen molar-refractivity contribution in [3.63, 3.8) is 0 Å². The average Bonchev–Trinajstić information content (AvgIpc) is 3.19. The fraction of sp³-hybridized carbons (Fsp3) is 0.526. The number of hydrogen-bond donors (Lipinski definition) is 0. The Morgan fingerprint density at radius 2 is 2.09 bits per heavy atom. The minimum absolute atomic E-state index is 0.385. The number of aryl methyl sites for hydroxylation is 1. The van der Waals surface area contributed by atoms with Crippen molar-refractivity contribution >= 4 is 0 Å². The summed E-state index contributed by atoms with van der Waals surface area (Å²) in [6.45, 7) is 6.95. The van der Waals surface area contributed by atoms with E-state index in [4.69, 9.17) is 9.26 Å². The van der Waals surface area contributed by atoms with Crippen LogP contribution in [0.1, 0.15) is 56.2 Å². The molecule has 1 aromatic heterocycles. The molecule has 0 spiro atoms. The molecule has 0 amide bonds. The lowest BCUT2D eigenvalue weighted by molar-refractivity contribution is 0.236. The molecule has 4 nitrogen and oxygen atoms in total. The van der Waals surface area contributed by atoms with E-state index in [2.05, 4.69) is 47.3 Å². The molecule has 0 N–H and O–H groups in total. The number of aromatic nitrogens is 1. The molecule has 2 aromatic rings. The molecule has 1 atom stereocenters. The van der Waals surface area contributed by atoms with Gasteiger partial charge in [0.1, 0.15) is 17.2 Å². The van der Waals surface area contributed by atoms with Crippen LogP contribution in [0, 0.1) is 0 Å². The largest absolute Gasteiger partial charge is 0.494 e. The Balaban J connectivity index is 1.66. The zero-order valence-electron chi connectivity index (χ0n) is 14.1. The van der Waals surface area contributed by atoms with Crippen molar-refractivity contribution in [2.45, 2.75) is 52.1 Å². The summed E-state index contributed by atoms with van der Waals surface area (Å²) in [7, 11) is 0. The van der Waals surface area contributed by atoms with Gasteiger partial charge in [-0.15, -0.1) is 0 Å². The zero-order valence-corrected chi connectivity index (χ0v) is 14.1. The molecule has 1 aliphatic heterocycles. The van der Waals surface area contributed by atoms with Gasteiger partial charge in [-0.2, -0.15) is 0 Å². The van der Waals surface area contributed by atoms with Gasteiger partial charge in [-0.1, -0.05) is 24.2 Å². The molecule has 1 aliphatic rings. The van der Waals surface area contributed by atoms with Gasteiger partial charge in [-0.3, -0.25) is 4.90 Å². The summed E-state index contributed by atoms with van der Waals surface area (Å²) in [6, 6.07) is 11.0. The number of rotatable bonds is 7. The van der Waals surface area contributed by atoms with E-state index in [1.807, 2.05) is 6.92 Å². The third-order valence-corrected chi connectivity index (χ3v) is 4.40. The fourth-order valence-electron chi connectivity index (χ4n) is 3.29. The molecule has 23 heavy (non-hydrogen) atoms. The predicted molar refractivity (Wildman–Crippen MR) is 90.5 cm³/mol.